The number of halogens is 2. The Hall–Kier alpha value is -3.88. The molecule has 2 fully saturated rings. The minimum atomic E-state index is -3.67. The maximum absolute atomic E-state index is 13.9. The van der Waals surface area contributed by atoms with Crippen molar-refractivity contribution in [2.45, 2.75) is 31.9 Å². The van der Waals surface area contributed by atoms with Gasteiger partial charge in [0.05, 0.1) is 30.9 Å². The Labute approximate surface area is 253 Å². The Bertz CT molecular complexity index is 1830. The molecule has 234 valence electrons. The van der Waals surface area contributed by atoms with Crippen LogP contribution in [-0.2, 0) is 26.9 Å². The summed E-state index contributed by atoms with van der Waals surface area (Å²) in [4.78, 5) is 19.8. The molecule has 0 spiro atoms. The second-order valence-corrected chi connectivity index (χ2v) is 13.6. The molecule has 0 atom stereocenters. The van der Waals surface area contributed by atoms with Crippen LogP contribution in [0.3, 0.4) is 0 Å². The first kappa shape index (κ1) is 30.2. The summed E-state index contributed by atoms with van der Waals surface area (Å²) in [5.41, 5.74) is 1.40. The Balaban J connectivity index is 1.19. The van der Waals surface area contributed by atoms with Gasteiger partial charge < -0.3 is 18.8 Å². The number of oxazole rings is 1. The zero-order chi connectivity index (χ0) is 31.1. The van der Waals surface area contributed by atoms with E-state index < -0.39 is 27.2 Å². The van der Waals surface area contributed by atoms with Crippen LogP contribution in [0.1, 0.15) is 31.2 Å². The third-order valence-corrected chi connectivity index (χ3v) is 9.86. The molecule has 0 bridgehead atoms. The third kappa shape index (κ3) is 6.47. The summed E-state index contributed by atoms with van der Waals surface area (Å²) >= 11 is 0. The van der Waals surface area contributed by atoms with Gasteiger partial charge in [0, 0.05) is 51.2 Å². The minimum absolute atomic E-state index is 0.0133. The van der Waals surface area contributed by atoms with Crippen LogP contribution in [0, 0.1) is 17.0 Å². The van der Waals surface area contributed by atoms with E-state index in [0.29, 0.717) is 53.9 Å². The van der Waals surface area contributed by atoms with Gasteiger partial charge in [0.2, 0.25) is 15.8 Å². The number of benzene rings is 2. The summed E-state index contributed by atoms with van der Waals surface area (Å²) < 4.78 is 73.8. The van der Waals surface area contributed by atoms with Gasteiger partial charge in [0.15, 0.2) is 11.5 Å². The number of ether oxygens (including phenoxy) is 2. The fraction of sp³-hybridized carbons (Fsp3) is 0.433. The lowest BCUT2D eigenvalue weighted by Gasteiger charge is -2.35. The number of anilines is 1. The van der Waals surface area contributed by atoms with Crippen molar-refractivity contribution in [1.82, 2.24) is 19.1 Å². The van der Waals surface area contributed by atoms with Gasteiger partial charge in [-0.1, -0.05) is 13.0 Å². The molecule has 1 saturated heterocycles. The quantitative estimate of drug-likeness (QED) is 0.245. The second-order valence-electron chi connectivity index (χ2n) is 11.6. The maximum atomic E-state index is 13.9. The lowest BCUT2D eigenvalue weighted by molar-refractivity contribution is 0.196. The van der Waals surface area contributed by atoms with Crippen LogP contribution in [0.5, 0.6) is 5.75 Å². The molecule has 3 heterocycles. The summed E-state index contributed by atoms with van der Waals surface area (Å²) in [6.45, 7) is 3.77. The average molecular weight is 630 g/mol. The summed E-state index contributed by atoms with van der Waals surface area (Å²) in [6.07, 6.45) is 3.87. The van der Waals surface area contributed by atoms with E-state index >= 15 is 0 Å². The van der Waals surface area contributed by atoms with Crippen LogP contribution >= 0.6 is 0 Å². The molecule has 2 aliphatic rings. The highest BCUT2D eigenvalue weighted by Gasteiger charge is 2.39. The number of nitrogens with zero attached hydrogens (tertiary/aromatic N) is 5. The number of piperazine rings is 1. The Morgan fingerprint density at radius 3 is 2.45 bits per heavy atom. The normalized spacial score (nSPS) is 16.9. The van der Waals surface area contributed by atoms with Crippen molar-refractivity contribution < 1.29 is 31.1 Å². The number of rotatable bonds is 11. The van der Waals surface area contributed by atoms with E-state index in [2.05, 4.69) is 17.0 Å². The van der Waals surface area contributed by atoms with Gasteiger partial charge in [-0.05, 0) is 42.7 Å². The van der Waals surface area contributed by atoms with Crippen molar-refractivity contribution in [3.63, 3.8) is 0 Å². The van der Waals surface area contributed by atoms with Crippen molar-refractivity contribution in [2.75, 3.05) is 51.4 Å². The molecule has 14 heteroatoms. The first-order valence-electron chi connectivity index (χ1n) is 14.4. The van der Waals surface area contributed by atoms with Gasteiger partial charge in [0.1, 0.15) is 22.8 Å². The topological polar surface area (TPSA) is 120 Å². The first-order valence-corrected chi connectivity index (χ1v) is 16.0. The van der Waals surface area contributed by atoms with Gasteiger partial charge >= 0.3 is 5.56 Å². The molecule has 2 aromatic heterocycles. The number of hydrogen-bond donors (Lipinski definition) is 0. The van der Waals surface area contributed by atoms with Gasteiger partial charge in [-0.15, -0.1) is 0 Å². The van der Waals surface area contributed by atoms with E-state index in [1.165, 1.54) is 10.5 Å². The van der Waals surface area contributed by atoms with Crippen LogP contribution in [0.4, 0.5) is 14.5 Å². The molecular weight excluding hydrogens is 596 g/mol. The number of methoxy groups -OCH3 is 1. The number of aromatic nitrogens is 3. The van der Waals surface area contributed by atoms with E-state index in [4.69, 9.17) is 13.9 Å². The second kappa shape index (κ2) is 11.9. The van der Waals surface area contributed by atoms with Gasteiger partial charge in [-0.25, -0.2) is 22.2 Å². The summed E-state index contributed by atoms with van der Waals surface area (Å²) in [6, 6.07) is 7.93. The van der Waals surface area contributed by atoms with E-state index in [1.807, 2.05) is 4.90 Å². The lowest BCUT2D eigenvalue weighted by atomic mass is 10.2. The largest absolute Gasteiger partial charge is 0.486 e. The van der Waals surface area contributed by atoms with Gasteiger partial charge in [-0.2, -0.15) is 14.1 Å². The van der Waals surface area contributed by atoms with E-state index in [9.17, 15) is 22.0 Å². The fourth-order valence-electron chi connectivity index (χ4n) is 5.15. The molecule has 1 saturated carbocycles. The molecule has 0 N–H and O–H groups in total. The number of hydrogen-bond acceptors (Lipinski definition) is 9. The highest BCUT2D eigenvalue weighted by Crippen LogP contribution is 2.45. The molecule has 4 aromatic rings. The molecule has 11 nitrogen and oxygen atoms in total. The standard InChI is InChI=1S/C30H33F2N5O6S/c1-30(6-7-30)19-42-28-25(17-33-37(29(28)38)23-15-21(31)14-22(32)16-23)35-8-10-36(11-9-35)44(39,40)18-20-3-4-24-26(13-20)43-27(34-24)5-12-41-2/h3-4,13-17H,5-12,18-19H2,1-2H3. The van der Waals surface area contributed by atoms with Crippen LogP contribution < -0.4 is 15.2 Å². The number of fused-ring (bicyclic) bond motifs is 1. The molecule has 1 aliphatic heterocycles. The SMILES string of the molecule is COCCc1nc2ccc(CS(=O)(=O)N3CCN(c4cnn(-c5cc(F)cc(F)c5)c(=O)c4OCC4(C)CC4)CC3)cc2o1. The molecule has 0 unspecified atom stereocenters. The van der Waals surface area contributed by atoms with E-state index in [1.54, 1.807) is 25.3 Å². The molecule has 1 aliphatic carbocycles. The van der Waals surface area contributed by atoms with Crippen LogP contribution in [-0.4, -0.2) is 74.0 Å². The molecular formula is C30H33F2N5O6S. The maximum Gasteiger partial charge on any atom is 0.316 e. The van der Waals surface area contributed by atoms with Gasteiger partial charge in [-0.3, -0.25) is 4.79 Å². The van der Waals surface area contributed by atoms with Crippen molar-refractivity contribution in [1.29, 1.82) is 0 Å². The number of sulfonamides is 1. The van der Waals surface area contributed by atoms with E-state index in [-0.39, 0.29) is 48.8 Å². The third-order valence-electron chi connectivity index (χ3n) is 8.01. The first-order chi connectivity index (χ1) is 21.0. The van der Waals surface area contributed by atoms with Crippen molar-refractivity contribution in [2.24, 2.45) is 5.41 Å². The van der Waals surface area contributed by atoms with Crippen molar-refractivity contribution in [3.8, 4) is 11.4 Å². The average Bonchev–Trinajstić information content (AvgIpc) is 3.58. The molecule has 6 rings (SSSR count). The predicted molar refractivity (Wildman–Crippen MR) is 159 cm³/mol. The van der Waals surface area contributed by atoms with E-state index in [0.717, 1.165) is 29.7 Å². The Morgan fingerprint density at radius 2 is 1.77 bits per heavy atom. The fourth-order valence-corrected chi connectivity index (χ4v) is 6.65. The lowest BCUT2D eigenvalue weighted by Crippen LogP contribution is -2.49. The van der Waals surface area contributed by atoms with Crippen LogP contribution in [0.25, 0.3) is 16.8 Å². The highest BCUT2D eigenvalue weighted by molar-refractivity contribution is 7.88. The zero-order valence-electron chi connectivity index (χ0n) is 24.5. The summed E-state index contributed by atoms with van der Waals surface area (Å²) in [7, 11) is -2.07. The smallest absolute Gasteiger partial charge is 0.316 e. The predicted octanol–water partition coefficient (Wildman–Crippen LogP) is 3.67. The monoisotopic (exact) mass is 629 g/mol. The minimum Gasteiger partial charge on any atom is -0.486 e. The molecule has 2 aromatic carbocycles. The summed E-state index contributed by atoms with van der Waals surface area (Å²) in [5.74, 6) is -1.34. The Kier molecular flexibility index (Phi) is 8.16. The molecule has 44 heavy (non-hydrogen) atoms. The molecule has 0 amide bonds. The molecule has 0 radical (unpaired) electrons. The van der Waals surface area contributed by atoms with Crippen molar-refractivity contribution >= 4 is 26.8 Å². The summed E-state index contributed by atoms with van der Waals surface area (Å²) in [5, 5.41) is 4.19. The van der Waals surface area contributed by atoms with Gasteiger partial charge in [0.25, 0.3) is 0 Å². The van der Waals surface area contributed by atoms with Crippen LogP contribution in [0.15, 0.2) is 51.8 Å². The zero-order valence-corrected chi connectivity index (χ0v) is 25.3. The Morgan fingerprint density at radius 1 is 1.05 bits per heavy atom. The van der Waals surface area contributed by atoms with Crippen molar-refractivity contribution in [3.05, 3.63) is 76.0 Å². The van der Waals surface area contributed by atoms with Crippen LogP contribution in [0.2, 0.25) is 0 Å². The highest BCUT2D eigenvalue weighted by atomic mass is 32.2.